The molecule has 4 nitrogen and oxygen atoms in total. The molecule has 0 spiro atoms. The van der Waals surface area contributed by atoms with Gasteiger partial charge in [0.1, 0.15) is 0 Å². The van der Waals surface area contributed by atoms with Crippen LogP contribution in [0.4, 0.5) is 5.69 Å². The highest BCUT2D eigenvalue weighted by molar-refractivity contribution is 9.10. The van der Waals surface area contributed by atoms with Gasteiger partial charge in [0.05, 0.1) is 12.4 Å². The van der Waals surface area contributed by atoms with E-state index in [1.165, 1.54) is 0 Å². The standard InChI is InChI=1S/C15H16BrNO3S/c1-11-7-14(5-6-15(11)16)17-21(19,20)10-13-4-2-3-12(8-13)9-18/h2-8,17-18H,9-10H2,1H3. The number of nitrogens with one attached hydrogen (secondary N) is 1. The predicted octanol–water partition coefficient (Wildman–Crippen LogP) is 3.19. The van der Waals surface area contributed by atoms with Gasteiger partial charge in [-0.1, -0.05) is 40.2 Å². The Labute approximate surface area is 133 Å². The van der Waals surface area contributed by atoms with E-state index in [0.717, 1.165) is 10.0 Å². The molecule has 2 rings (SSSR count). The van der Waals surface area contributed by atoms with Crippen LogP contribution in [0.15, 0.2) is 46.9 Å². The summed E-state index contributed by atoms with van der Waals surface area (Å²) in [4.78, 5) is 0. The van der Waals surface area contributed by atoms with Crippen molar-refractivity contribution in [2.24, 2.45) is 0 Å². The summed E-state index contributed by atoms with van der Waals surface area (Å²) in [6.45, 7) is 1.79. The van der Waals surface area contributed by atoms with E-state index >= 15 is 0 Å². The van der Waals surface area contributed by atoms with Gasteiger partial charge in [0.15, 0.2) is 0 Å². The number of aryl methyl sites for hydroxylation is 1. The fourth-order valence-electron chi connectivity index (χ4n) is 1.96. The summed E-state index contributed by atoms with van der Waals surface area (Å²) in [6.07, 6.45) is 0. The predicted molar refractivity (Wildman–Crippen MR) is 87.5 cm³/mol. The maximum atomic E-state index is 12.2. The van der Waals surface area contributed by atoms with Gasteiger partial charge >= 0.3 is 0 Å². The number of anilines is 1. The van der Waals surface area contributed by atoms with Crippen molar-refractivity contribution in [3.63, 3.8) is 0 Å². The quantitative estimate of drug-likeness (QED) is 0.850. The summed E-state index contributed by atoms with van der Waals surface area (Å²) in [7, 11) is -3.49. The van der Waals surface area contributed by atoms with Crippen molar-refractivity contribution in [1.29, 1.82) is 0 Å². The van der Waals surface area contributed by atoms with E-state index < -0.39 is 10.0 Å². The summed E-state index contributed by atoms with van der Waals surface area (Å²) in [5.74, 6) is -0.129. The van der Waals surface area contributed by atoms with Crippen molar-refractivity contribution in [1.82, 2.24) is 0 Å². The topological polar surface area (TPSA) is 66.4 Å². The Morgan fingerprint density at radius 1 is 1.14 bits per heavy atom. The maximum absolute atomic E-state index is 12.2. The summed E-state index contributed by atoms with van der Waals surface area (Å²) in [5.41, 5.74) is 2.83. The number of halogens is 1. The number of aliphatic hydroxyl groups is 1. The number of hydrogen-bond acceptors (Lipinski definition) is 3. The van der Waals surface area contributed by atoms with Gasteiger partial charge < -0.3 is 5.11 Å². The minimum Gasteiger partial charge on any atom is -0.392 e. The summed E-state index contributed by atoms with van der Waals surface area (Å²) in [5, 5.41) is 9.08. The smallest absolute Gasteiger partial charge is 0.236 e. The van der Waals surface area contributed by atoms with Crippen LogP contribution in [0, 0.1) is 6.92 Å². The first-order valence-electron chi connectivity index (χ1n) is 6.35. The zero-order chi connectivity index (χ0) is 15.5. The lowest BCUT2D eigenvalue weighted by Crippen LogP contribution is -2.15. The highest BCUT2D eigenvalue weighted by Gasteiger charge is 2.12. The average Bonchev–Trinajstić information content (AvgIpc) is 2.42. The fourth-order valence-corrected chi connectivity index (χ4v) is 3.38. The number of benzene rings is 2. The van der Waals surface area contributed by atoms with E-state index in [1.807, 2.05) is 6.92 Å². The molecule has 21 heavy (non-hydrogen) atoms. The lowest BCUT2D eigenvalue weighted by molar-refractivity contribution is 0.282. The van der Waals surface area contributed by atoms with Crippen LogP contribution in [0.2, 0.25) is 0 Å². The van der Waals surface area contributed by atoms with Crippen LogP contribution < -0.4 is 4.72 Å². The minimum absolute atomic E-state index is 0.104. The number of hydrogen-bond donors (Lipinski definition) is 2. The van der Waals surface area contributed by atoms with Crippen LogP contribution in [0.3, 0.4) is 0 Å². The van der Waals surface area contributed by atoms with Crippen LogP contribution in [-0.2, 0) is 22.4 Å². The first kappa shape index (κ1) is 16.0. The van der Waals surface area contributed by atoms with E-state index in [2.05, 4.69) is 20.7 Å². The molecule has 0 aliphatic carbocycles. The zero-order valence-corrected chi connectivity index (χ0v) is 13.9. The number of aliphatic hydroxyl groups excluding tert-OH is 1. The molecule has 2 aromatic rings. The molecule has 0 saturated heterocycles. The van der Waals surface area contributed by atoms with Crippen molar-refractivity contribution in [3.8, 4) is 0 Å². The highest BCUT2D eigenvalue weighted by atomic mass is 79.9. The van der Waals surface area contributed by atoms with Gasteiger partial charge in [-0.15, -0.1) is 0 Å². The molecular weight excluding hydrogens is 354 g/mol. The molecule has 2 aromatic carbocycles. The van der Waals surface area contributed by atoms with Gasteiger partial charge in [0, 0.05) is 10.2 Å². The Morgan fingerprint density at radius 2 is 1.86 bits per heavy atom. The molecule has 0 heterocycles. The van der Waals surface area contributed by atoms with Crippen molar-refractivity contribution in [3.05, 3.63) is 63.6 Å². The van der Waals surface area contributed by atoms with Crippen molar-refractivity contribution >= 4 is 31.6 Å². The Hall–Kier alpha value is -1.37. The molecule has 6 heteroatoms. The Kier molecular flexibility index (Phi) is 5.03. The van der Waals surface area contributed by atoms with Crippen LogP contribution in [0.1, 0.15) is 16.7 Å². The third-order valence-electron chi connectivity index (χ3n) is 2.96. The monoisotopic (exact) mass is 369 g/mol. The second-order valence-electron chi connectivity index (χ2n) is 4.80. The van der Waals surface area contributed by atoms with Gasteiger partial charge in [-0.25, -0.2) is 8.42 Å². The third kappa shape index (κ3) is 4.56. The van der Waals surface area contributed by atoms with Gasteiger partial charge in [-0.2, -0.15) is 0 Å². The van der Waals surface area contributed by atoms with Crippen LogP contribution >= 0.6 is 15.9 Å². The molecule has 0 aliphatic heterocycles. The van der Waals surface area contributed by atoms with Crippen molar-refractivity contribution in [2.45, 2.75) is 19.3 Å². The third-order valence-corrected chi connectivity index (χ3v) is 5.11. The Balaban J connectivity index is 2.16. The van der Waals surface area contributed by atoms with E-state index in [9.17, 15) is 8.42 Å². The molecule has 0 unspecified atom stereocenters. The average molecular weight is 370 g/mol. The van der Waals surface area contributed by atoms with Gasteiger partial charge in [-0.3, -0.25) is 4.72 Å². The van der Waals surface area contributed by atoms with E-state index in [-0.39, 0.29) is 12.4 Å². The maximum Gasteiger partial charge on any atom is 0.236 e. The molecule has 0 saturated carbocycles. The fraction of sp³-hybridized carbons (Fsp3) is 0.200. The summed E-state index contributed by atoms with van der Waals surface area (Å²) < 4.78 is 27.9. The van der Waals surface area contributed by atoms with E-state index in [4.69, 9.17) is 5.11 Å². The van der Waals surface area contributed by atoms with Gasteiger partial charge in [0.25, 0.3) is 0 Å². The van der Waals surface area contributed by atoms with Crippen LogP contribution in [0.5, 0.6) is 0 Å². The van der Waals surface area contributed by atoms with Gasteiger partial charge in [0.2, 0.25) is 10.0 Å². The molecule has 0 amide bonds. The first-order valence-corrected chi connectivity index (χ1v) is 8.79. The highest BCUT2D eigenvalue weighted by Crippen LogP contribution is 2.21. The molecule has 0 fully saturated rings. The summed E-state index contributed by atoms with van der Waals surface area (Å²) in [6, 6.07) is 12.2. The first-order chi connectivity index (χ1) is 9.89. The second-order valence-corrected chi connectivity index (χ2v) is 7.38. The lowest BCUT2D eigenvalue weighted by Gasteiger charge is -2.10. The minimum atomic E-state index is -3.49. The largest absolute Gasteiger partial charge is 0.392 e. The second kappa shape index (κ2) is 6.60. The SMILES string of the molecule is Cc1cc(NS(=O)(=O)Cc2cccc(CO)c2)ccc1Br. The molecule has 0 bridgehead atoms. The van der Waals surface area contributed by atoms with E-state index in [1.54, 1.807) is 42.5 Å². The molecule has 0 radical (unpaired) electrons. The molecule has 112 valence electrons. The molecular formula is C15H16BrNO3S. The summed E-state index contributed by atoms with van der Waals surface area (Å²) >= 11 is 3.38. The molecule has 0 aromatic heterocycles. The number of sulfonamides is 1. The zero-order valence-electron chi connectivity index (χ0n) is 11.5. The Morgan fingerprint density at radius 3 is 2.52 bits per heavy atom. The molecule has 0 aliphatic rings. The molecule has 2 N–H and O–H groups in total. The van der Waals surface area contributed by atoms with Gasteiger partial charge in [-0.05, 0) is 41.8 Å². The van der Waals surface area contributed by atoms with E-state index in [0.29, 0.717) is 16.8 Å². The van der Waals surface area contributed by atoms with Crippen LogP contribution in [0.25, 0.3) is 0 Å². The molecule has 0 atom stereocenters. The van der Waals surface area contributed by atoms with Crippen molar-refractivity contribution in [2.75, 3.05) is 4.72 Å². The van der Waals surface area contributed by atoms with Crippen LogP contribution in [-0.4, -0.2) is 13.5 Å². The normalized spacial score (nSPS) is 11.4. The van der Waals surface area contributed by atoms with Crippen molar-refractivity contribution < 1.29 is 13.5 Å². The Bertz CT molecular complexity index is 744. The lowest BCUT2D eigenvalue weighted by atomic mass is 10.1. The number of rotatable bonds is 5.